The van der Waals surface area contributed by atoms with Crippen LogP contribution in [0.15, 0.2) is 53.9 Å². The normalized spacial score (nSPS) is 19.0. The molecule has 0 saturated carbocycles. The van der Waals surface area contributed by atoms with E-state index in [0.717, 1.165) is 31.8 Å². The standard InChI is InChI=1S/C20H25FN2O3.C6H4ClF.C5H12.C2H6.CH4O/c1-12-3-5-15(16(21)7-12)14-9-18(22-10-14)20(25)23-17-6-4-13(11-24)8-19(17)26-2;7-5-3-1-2-4-6(5)8;1-5(2,3)4;2*1-2/h4,6,8,11-12,14,18,22H,3,5,7,9-10H2,1-2H3,(H,23,25);1-4H;1-4H3;1-2H3;2H,1H3. The van der Waals surface area contributed by atoms with Crippen molar-refractivity contribution in [2.45, 2.75) is 80.2 Å². The molecule has 9 heteroatoms. The smallest absolute Gasteiger partial charge is 0.241 e. The minimum absolute atomic E-state index is 0.0164. The molecule has 1 heterocycles. The van der Waals surface area contributed by atoms with Crippen molar-refractivity contribution < 1.29 is 28.2 Å². The predicted octanol–water partition coefficient (Wildman–Crippen LogP) is 8.63. The Bertz CT molecular complexity index is 1120. The highest BCUT2D eigenvalue weighted by Gasteiger charge is 2.34. The minimum Gasteiger partial charge on any atom is -0.495 e. The molecule has 0 spiro atoms. The van der Waals surface area contributed by atoms with Crippen molar-refractivity contribution >= 4 is 29.5 Å². The van der Waals surface area contributed by atoms with E-state index in [1.165, 1.54) is 19.2 Å². The molecule has 43 heavy (non-hydrogen) atoms. The Morgan fingerprint density at radius 2 is 1.72 bits per heavy atom. The number of anilines is 1. The molecule has 2 aromatic rings. The Labute approximate surface area is 262 Å². The van der Waals surface area contributed by atoms with Gasteiger partial charge in [0, 0.05) is 25.6 Å². The molecule has 2 aromatic carbocycles. The number of hydrogen-bond donors (Lipinski definition) is 3. The number of hydrogen-bond acceptors (Lipinski definition) is 5. The summed E-state index contributed by atoms with van der Waals surface area (Å²) in [6.45, 7) is 15.4. The molecule has 0 bridgehead atoms. The van der Waals surface area contributed by atoms with Crippen molar-refractivity contribution in [2.24, 2.45) is 17.3 Å². The molecule has 1 saturated heterocycles. The topological polar surface area (TPSA) is 87.7 Å². The van der Waals surface area contributed by atoms with Crippen LogP contribution in [-0.2, 0) is 4.79 Å². The lowest BCUT2D eigenvalue weighted by atomic mass is 9.83. The molecule has 4 rings (SSSR count). The maximum Gasteiger partial charge on any atom is 0.241 e. The Kier molecular flexibility index (Phi) is 19.6. The molecule has 1 aliphatic heterocycles. The van der Waals surface area contributed by atoms with E-state index in [4.69, 9.17) is 21.4 Å². The number of benzene rings is 2. The summed E-state index contributed by atoms with van der Waals surface area (Å²) in [6, 6.07) is 10.6. The van der Waals surface area contributed by atoms with Gasteiger partial charge in [0.05, 0.1) is 29.7 Å². The Hall–Kier alpha value is -2.81. The summed E-state index contributed by atoms with van der Waals surface area (Å²) in [5.41, 5.74) is 2.39. The Morgan fingerprint density at radius 3 is 2.21 bits per heavy atom. The zero-order valence-electron chi connectivity index (χ0n) is 27.2. The van der Waals surface area contributed by atoms with Crippen LogP contribution in [-0.4, -0.2) is 44.1 Å². The Morgan fingerprint density at radius 1 is 1.12 bits per heavy atom. The molecular weight excluding hydrogens is 574 g/mol. The zero-order valence-corrected chi connectivity index (χ0v) is 27.9. The number of carbonyl (C=O) groups excluding carboxylic acids is 2. The van der Waals surface area contributed by atoms with Crippen molar-refractivity contribution in [1.82, 2.24) is 5.32 Å². The lowest BCUT2D eigenvalue weighted by Crippen LogP contribution is -2.35. The maximum absolute atomic E-state index is 14.3. The average Bonchev–Trinajstić information content (AvgIpc) is 3.47. The van der Waals surface area contributed by atoms with Crippen LogP contribution in [0.4, 0.5) is 14.5 Å². The van der Waals surface area contributed by atoms with Gasteiger partial charge < -0.3 is 20.5 Å². The fourth-order valence-corrected chi connectivity index (χ4v) is 4.38. The number of allylic oxidation sites excluding steroid dienone is 1. The van der Waals surface area contributed by atoms with E-state index in [9.17, 15) is 18.4 Å². The highest BCUT2D eigenvalue weighted by Crippen LogP contribution is 2.37. The molecule has 1 fully saturated rings. The first-order valence-electron chi connectivity index (χ1n) is 14.7. The monoisotopic (exact) mass is 624 g/mol. The maximum atomic E-state index is 14.3. The number of halogens is 3. The number of nitrogens with one attached hydrogen (secondary N) is 2. The van der Waals surface area contributed by atoms with Gasteiger partial charge in [0.15, 0.2) is 0 Å². The van der Waals surface area contributed by atoms with E-state index in [0.29, 0.717) is 47.7 Å². The molecule has 3 unspecified atom stereocenters. The first-order valence-corrected chi connectivity index (χ1v) is 15.1. The summed E-state index contributed by atoms with van der Waals surface area (Å²) in [6.07, 6.45) is 3.64. The van der Waals surface area contributed by atoms with Crippen molar-refractivity contribution in [3.63, 3.8) is 0 Å². The van der Waals surface area contributed by atoms with E-state index in [-0.39, 0.29) is 34.5 Å². The highest BCUT2D eigenvalue weighted by atomic mass is 35.5. The molecule has 0 aromatic heterocycles. The summed E-state index contributed by atoms with van der Waals surface area (Å²) >= 11 is 5.33. The molecule has 0 radical (unpaired) electrons. The van der Waals surface area contributed by atoms with E-state index in [2.05, 4.69) is 45.3 Å². The average molecular weight is 625 g/mol. The summed E-state index contributed by atoms with van der Waals surface area (Å²) in [5, 5.41) is 13.2. The number of carbonyl (C=O) groups is 2. The van der Waals surface area contributed by atoms with Crippen LogP contribution in [0.1, 0.15) is 84.5 Å². The lowest BCUT2D eigenvalue weighted by Gasteiger charge is -2.24. The van der Waals surface area contributed by atoms with E-state index < -0.39 is 0 Å². The number of aldehydes is 1. The highest BCUT2D eigenvalue weighted by molar-refractivity contribution is 6.30. The zero-order chi connectivity index (χ0) is 33.2. The second kappa shape index (κ2) is 21.0. The van der Waals surface area contributed by atoms with Crippen LogP contribution in [0.2, 0.25) is 5.02 Å². The van der Waals surface area contributed by atoms with E-state index in [1.807, 2.05) is 13.8 Å². The van der Waals surface area contributed by atoms with Crippen LogP contribution in [0.25, 0.3) is 0 Å². The SMILES string of the molecule is CC.CC(C)(C)C.CO.COc1cc(C=O)ccc1NC(=O)C1CC(C2=C(F)CC(C)CC2)CN1.Fc1ccccc1Cl. The number of aliphatic hydroxyl groups is 1. The van der Waals surface area contributed by atoms with Gasteiger partial charge in [0.1, 0.15) is 17.9 Å². The van der Waals surface area contributed by atoms with Gasteiger partial charge in [0.2, 0.25) is 5.91 Å². The fraction of sp³-hybridized carbons (Fsp3) is 0.529. The van der Waals surface area contributed by atoms with Crippen LogP contribution in [0.3, 0.4) is 0 Å². The van der Waals surface area contributed by atoms with Crippen LogP contribution >= 0.6 is 11.6 Å². The minimum atomic E-state index is -0.367. The van der Waals surface area contributed by atoms with Gasteiger partial charge in [-0.3, -0.25) is 9.59 Å². The quantitative estimate of drug-likeness (QED) is 0.290. The van der Waals surface area contributed by atoms with Gasteiger partial charge in [-0.15, -0.1) is 0 Å². The molecule has 3 N–H and O–H groups in total. The van der Waals surface area contributed by atoms with Crippen LogP contribution < -0.4 is 15.4 Å². The third-order valence-electron chi connectivity index (χ3n) is 6.17. The number of rotatable bonds is 5. The largest absolute Gasteiger partial charge is 0.495 e. The van der Waals surface area contributed by atoms with Gasteiger partial charge >= 0.3 is 0 Å². The molecule has 242 valence electrons. The number of methoxy groups -OCH3 is 1. The van der Waals surface area contributed by atoms with E-state index in [1.54, 1.807) is 30.3 Å². The third-order valence-corrected chi connectivity index (χ3v) is 6.47. The fourth-order valence-electron chi connectivity index (χ4n) is 4.25. The summed E-state index contributed by atoms with van der Waals surface area (Å²) < 4.78 is 31.7. The first kappa shape index (κ1) is 40.2. The second-order valence-corrected chi connectivity index (χ2v) is 12.1. The van der Waals surface area contributed by atoms with Gasteiger partial charge in [-0.1, -0.05) is 72.2 Å². The predicted molar refractivity (Wildman–Crippen MR) is 174 cm³/mol. The van der Waals surface area contributed by atoms with Gasteiger partial charge in [-0.25, -0.2) is 8.78 Å². The third kappa shape index (κ3) is 15.5. The van der Waals surface area contributed by atoms with Crippen molar-refractivity contribution in [1.29, 1.82) is 0 Å². The Balaban J connectivity index is 0.000000852. The molecule has 1 amide bonds. The van der Waals surface area contributed by atoms with Crippen molar-refractivity contribution in [3.8, 4) is 5.75 Å². The molecule has 6 nitrogen and oxygen atoms in total. The van der Waals surface area contributed by atoms with Crippen molar-refractivity contribution in [2.75, 3.05) is 26.1 Å². The summed E-state index contributed by atoms with van der Waals surface area (Å²) in [7, 11) is 2.49. The van der Waals surface area contributed by atoms with E-state index >= 15 is 0 Å². The number of amides is 1. The molecule has 3 atom stereocenters. The van der Waals surface area contributed by atoms with Crippen LogP contribution in [0.5, 0.6) is 5.75 Å². The summed E-state index contributed by atoms with van der Waals surface area (Å²) in [5.74, 6) is 0.394. The van der Waals surface area contributed by atoms with Crippen LogP contribution in [0, 0.1) is 23.1 Å². The molecule has 2 aliphatic rings. The second-order valence-electron chi connectivity index (χ2n) is 11.7. The first-order chi connectivity index (χ1) is 20.3. The number of aliphatic hydroxyl groups excluding tert-OH is 1. The molecular formula is C34H51ClF2N2O4. The lowest BCUT2D eigenvalue weighted by molar-refractivity contribution is -0.117. The molecule has 1 aliphatic carbocycles. The van der Waals surface area contributed by atoms with Crippen molar-refractivity contribution in [3.05, 3.63) is 70.3 Å². The van der Waals surface area contributed by atoms with Gasteiger partial charge in [-0.2, -0.15) is 0 Å². The van der Waals surface area contributed by atoms with Gasteiger partial charge in [0.25, 0.3) is 0 Å². The number of ether oxygens (including phenoxy) is 1. The summed E-state index contributed by atoms with van der Waals surface area (Å²) in [4.78, 5) is 23.5. The van der Waals surface area contributed by atoms with Gasteiger partial charge in [-0.05, 0) is 72.4 Å².